The zero-order valence-electron chi connectivity index (χ0n) is 10.1. The fraction of sp³-hybridized carbons (Fsp3) is 0.500. The van der Waals surface area contributed by atoms with Crippen molar-refractivity contribution < 1.29 is 26.5 Å². The summed E-state index contributed by atoms with van der Waals surface area (Å²) in [6.07, 6.45) is -5.46. The number of nitro groups is 1. The van der Waals surface area contributed by atoms with Crippen LogP contribution in [-0.2, 0) is 10.0 Å². The SMILES string of the molecule is NNc1sc(S(=O)(=O)NC2(C(F)(F)F)CC2)cc1[N+](=O)[O-]. The molecule has 8 nitrogen and oxygen atoms in total. The molecule has 0 amide bonds. The molecule has 1 aromatic rings. The number of nitrogen functional groups attached to an aromatic ring is 1. The van der Waals surface area contributed by atoms with E-state index in [9.17, 15) is 31.7 Å². The van der Waals surface area contributed by atoms with Gasteiger partial charge in [0.2, 0.25) is 0 Å². The first-order chi connectivity index (χ1) is 9.52. The summed E-state index contributed by atoms with van der Waals surface area (Å²) in [5, 5.41) is 10.4. The largest absolute Gasteiger partial charge is 0.407 e. The number of halogens is 3. The molecule has 0 radical (unpaired) electrons. The zero-order valence-corrected chi connectivity index (χ0v) is 11.7. The summed E-state index contributed by atoms with van der Waals surface area (Å²) in [5.74, 6) is 5.01. The average molecular weight is 346 g/mol. The van der Waals surface area contributed by atoms with Crippen molar-refractivity contribution in [2.24, 2.45) is 5.84 Å². The molecule has 0 aliphatic heterocycles. The van der Waals surface area contributed by atoms with Crippen LogP contribution in [0.2, 0.25) is 0 Å². The number of nitrogens with zero attached hydrogens (tertiary/aromatic N) is 1. The van der Waals surface area contributed by atoms with Crippen LogP contribution in [0.5, 0.6) is 0 Å². The Morgan fingerprint density at radius 2 is 2.00 bits per heavy atom. The smallest absolute Gasteiger partial charge is 0.310 e. The number of nitrogens with one attached hydrogen (secondary N) is 2. The first-order valence-electron chi connectivity index (χ1n) is 5.38. The maximum absolute atomic E-state index is 12.8. The molecule has 13 heteroatoms. The molecule has 0 spiro atoms. The molecule has 0 saturated heterocycles. The second kappa shape index (κ2) is 4.79. The van der Waals surface area contributed by atoms with Crippen LogP contribution in [-0.4, -0.2) is 25.1 Å². The molecule has 0 atom stereocenters. The molecule has 0 unspecified atom stereocenters. The van der Waals surface area contributed by atoms with Gasteiger partial charge in [0.05, 0.1) is 4.92 Å². The number of hydrogen-bond acceptors (Lipinski definition) is 7. The number of sulfonamides is 1. The molecule has 1 heterocycles. The Hall–Kier alpha value is -1.44. The summed E-state index contributed by atoms with van der Waals surface area (Å²) >= 11 is 0.378. The van der Waals surface area contributed by atoms with Gasteiger partial charge < -0.3 is 5.43 Å². The Balaban J connectivity index is 2.35. The standard InChI is InChI=1S/C8H9F3N4O4S2/c9-8(10,11)7(1-2-7)14-21(18,19)5-3-4(15(16)17)6(13-12)20-5/h3,13-14H,1-2,12H2. The third kappa shape index (κ3) is 2.81. The Morgan fingerprint density at radius 3 is 2.33 bits per heavy atom. The van der Waals surface area contributed by atoms with Crippen LogP contribution in [0, 0.1) is 10.1 Å². The van der Waals surface area contributed by atoms with E-state index in [1.807, 2.05) is 5.43 Å². The quantitative estimate of drug-likeness (QED) is 0.419. The van der Waals surface area contributed by atoms with Gasteiger partial charge in [-0.3, -0.25) is 10.1 Å². The molecule has 21 heavy (non-hydrogen) atoms. The second-order valence-electron chi connectivity index (χ2n) is 4.37. The third-order valence-corrected chi connectivity index (χ3v) is 5.97. The van der Waals surface area contributed by atoms with E-state index in [-0.39, 0.29) is 17.8 Å². The average Bonchev–Trinajstić information content (AvgIpc) is 2.98. The predicted octanol–water partition coefficient (Wildman–Crippen LogP) is 1.32. The molecule has 1 fully saturated rings. The molecule has 2 rings (SSSR count). The normalized spacial score (nSPS) is 17.5. The number of hydrogen-bond donors (Lipinski definition) is 3. The van der Waals surface area contributed by atoms with Crippen LogP contribution in [0.25, 0.3) is 0 Å². The summed E-state index contributed by atoms with van der Waals surface area (Å²) in [6.45, 7) is 0. The highest BCUT2D eigenvalue weighted by molar-refractivity contribution is 7.91. The van der Waals surface area contributed by atoms with E-state index in [0.717, 1.165) is 0 Å². The lowest BCUT2D eigenvalue weighted by Gasteiger charge is -2.19. The second-order valence-corrected chi connectivity index (χ2v) is 7.33. The number of alkyl halides is 3. The van der Waals surface area contributed by atoms with Crippen LogP contribution >= 0.6 is 11.3 Å². The summed E-state index contributed by atoms with van der Waals surface area (Å²) < 4.78 is 63.1. The van der Waals surface area contributed by atoms with E-state index < -0.39 is 36.6 Å². The molecule has 1 saturated carbocycles. The molecule has 1 aromatic heterocycles. The first kappa shape index (κ1) is 15.9. The van der Waals surface area contributed by atoms with Gasteiger partial charge in [-0.05, 0) is 12.8 Å². The Kier molecular flexibility index (Phi) is 3.64. The molecule has 4 N–H and O–H groups in total. The zero-order chi connectivity index (χ0) is 16.1. The summed E-state index contributed by atoms with van der Waals surface area (Å²) in [4.78, 5) is 9.81. The lowest BCUT2D eigenvalue weighted by molar-refractivity contribution is -0.383. The van der Waals surface area contributed by atoms with Crippen molar-refractivity contribution in [3.05, 3.63) is 16.2 Å². The molecular weight excluding hydrogens is 337 g/mol. The van der Waals surface area contributed by atoms with Gasteiger partial charge in [0.25, 0.3) is 10.0 Å². The van der Waals surface area contributed by atoms with Crippen LogP contribution in [0.3, 0.4) is 0 Å². The highest BCUT2D eigenvalue weighted by Crippen LogP contribution is 2.50. The van der Waals surface area contributed by atoms with Gasteiger partial charge in [0, 0.05) is 6.07 Å². The topological polar surface area (TPSA) is 127 Å². The summed E-state index contributed by atoms with van der Waals surface area (Å²) in [5.41, 5.74) is -1.17. The van der Waals surface area contributed by atoms with E-state index in [2.05, 4.69) is 0 Å². The molecule has 0 aromatic carbocycles. The van der Waals surface area contributed by atoms with Crippen molar-refractivity contribution in [2.75, 3.05) is 5.43 Å². The van der Waals surface area contributed by atoms with Gasteiger partial charge in [-0.25, -0.2) is 14.3 Å². The number of thiophene rings is 1. The van der Waals surface area contributed by atoms with Crippen molar-refractivity contribution in [1.29, 1.82) is 0 Å². The van der Waals surface area contributed by atoms with Crippen LogP contribution in [0.1, 0.15) is 12.8 Å². The van der Waals surface area contributed by atoms with E-state index in [0.29, 0.717) is 17.4 Å². The lowest BCUT2D eigenvalue weighted by atomic mass is 10.3. The van der Waals surface area contributed by atoms with E-state index in [4.69, 9.17) is 5.84 Å². The molecule has 1 aliphatic rings. The van der Waals surface area contributed by atoms with Gasteiger partial charge in [-0.1, -0.05) is 11.3 Å². The fourth-order valence-corrected chi connectivity index (χ4v) is 4.29. The van der Waals surface area contributed by atoms with Crippen molar-refractivity contribution in [1.82, 2.24) is 4.72 Å². The predicted molar refractivity (Wildman–Crippen MR) is 67.1 cm³/mol. The lowest BCUT2D eigenvalue weighted by Crippen LogP contribution is -2.47. The third-order valence-electron chi connectivity index (χ3n) is 2.90. The van der Waals surface area contributed by atoms with Crippen LogP contribution < -0.4 is 16.0 Å². The highest BCUT2D eigenvalue weighted by atomic mass is 32.2. The van der Waals surface area contributed by atoms with Crippen molar-refractivity contribution in [2.45, 2.75) is 28.8 Å². The first-order valence-corrected chi connectivity index (χ1v) is 7.68. The number of nitrogens with two attached hydrogens (primary N) is 1. The molecule has 1 aliphatic carbocycles. The minimum Gasteiger partial charge on any atom is -0.310 e. The van der Waals surface area contributed by atoms with Gasteiger partial charge in [-0.2, -0.15) is 17.9 Å². The van der Waals surface area contributed by atoms with E-state index in [1.165, 1.54) is 0 Å². The van der Waals surface area contributed by atoms with Crippen LogP contribution in [0.4, 0.5) is 23.9 Å². The summed E-state index contributed by atoms with van der Waals surface area (Å²) in [6, 6.07) is 0.661. The van der Waals surface area contributed by atoms with Gasteiger partial charge in [0.1, 0.15) is 9.75 Å². The van der Waals surface area contributed by atoms with Crippen molar-refractivity contribution in [3.8, 4) is 0 Å². The van der Waals surface area contributed by atoms with Crippen LogP contribution in [0.15, 0.2) is 10.3 Å². The van der Waals surface area contributed by atoms with Crippen molar-refractivity contribution in [3.63, 3.8) is 0 Å². The van der Waals surface area contributed by atoms with Gasteiger partial charge in [-0.15, -0.1) is 0 Å². The van der Waals surface area contributed by atoms with Gasteiger partial charge >= 0.3 is 11.9 Å². The fourth-order valence-electron chi connectivity index (χ4n) is 1.61. The highest BCUT2D eigenvalue weighted by Gasteiger charge is 2.65. The maximum atomic E-state index is 12.8. The Bertz CT molecular complexity index is 680. The molecular formula is C8H9F3N4O4S2. The maximum Gasteiger partial charge on any atom is 0.407 e. The monoisotopic (exact) mass is 346 g/mol. The number of rotatable bonds is 5. The minimum absolute atomic E-state index is 0.266. The van der Waals surface area contributed by atoms with E-state index >= 15 is 0 Å². The summed E-state index contributed by atoms with van der Waals surface area (Å²) in [7, 11) is -4.54. The number of hydrazine groups is 1. The van der Waals surface area contributed by atoms with Gasteiger partial charge in [0.15, 0.2) is 5.00 Å². The van der Waals surface area contributed by atoms with E-state index in [1.54, 1.807) is 4.72 Å². The van der Waals surface area contributed by atoms with Crippen molar-refractivity contribution >= 4 is 32.0 Å². The Morgan fingerprint density at radius 1 is 1.43 bits per heavy atom. The number of anilines is 1. The molecule has 118 valence electrons. The Labute approximate surface area is 120 Å². The minimum atomic E-state index is -4.72. The molecule has 0 bridgehead atoms.